The Morgan fingerprint density at radius 2 is 1.93 bits per heavy atom. The molecule has 8 heteroatoms. The molecule has 0 N–H and O–H groups in total. The van der Waals surface area contributed by atoms with E-state index in [-0.39, 0.29) is 22.9 Å². The number of allylic oxidation sites excluding steroid dienone is 1. The summed E-state index contributed by atoms with van der Waals surface area (Å²) in [5.74, 6) is 0.211. The van der Waals surface area contributed by atoms with E-state index >= 15 is 0 Å². The molecule has 0 spiro atoms. The van der Waals surface area contributed by atoms with Crippen LogP contribution in [0.25, 0.3) is 6.08 Å². The highest BCUT2D eigenvalue weighted by Crippen LogP contribution is 2.22. The fourth-order valence-corrected chi connectivity index (χ4v) is 2.53. The van der Waals surface area contributed by atoms with Crippen LogP contribution in [0.1, 0.15) is 21.9 Å². The first kappa shape index (κ1) is 20.5. The van der Waals surface area contributed by atoms with Crippen molar-refractivity contribution in [1.82, 2.24) is 0 Å². The number of hydrogen-bond donors (Lipinski definition) is 0. The van der Waals surface area contributed by atoms with Gasteiger partial charge in [0.05, 0.1) is 5.02 Å². The van der Waals surface area contributed by atoms with Crippen molar-refractivity contribution in [3.63, 3.8) is 0 Å². The topological polar surface area (TPSA) is 48.7 Å². The summed E-state index contributed by atoms with van der Waals surface area (Å²) in [6.07, 6.45) is 2.70. The van der Waals surface area contributed by atoms with Gasteiger partial charge in [0.2, 0.25) is 0 Å². The molecule has 0 radical (unpaired) electrons. The van der Waals surface area contributed by atoms with Crippen LogP contribution < -0.4 is 9.47 Å². The average Bonchev–Trinajstić information content (AvgIpc) is 3.14. The van der Waals surface area contributed by atoms with Crippen LogP contribution in [0.5, 0.6) is 11.5 Å². The molecule has 1 aromatic heterocycles. The van der Waals surface area contributed by atoms with Gasteiger partial charge in [0, 0.05) is 11.6 Å². The van der Waals surface area contributed by atoms with E-state index in [1.165, 1.54) is 54.6 Å². The summed E-state index contributed by atoms with van der Waals surface area (Å²) in [7, 11) is 0. The molecule has 3 aromatic rings. The minimum Gasteiger partial charge on any atom is -0.486 e. The molecule has 150 valence electrons. The smallest absolute Gasteiger partial charge is 0.387 e. The molecule has 0 amide bonds. The standard InChI is InChI=1S/C21H14ClF3O4/c22-18-11-15(6-8-19(18)23)27-12-17-5-4-14(28-17)7-9-20(26)13-2-1-3-16(10-13)29-21(24)25/h1-11,21H,12H2/b9-7+. The number of rotatable bonds is 8. The van der Waals surface area contributed by atoms with Crippen molar-refractivity contribution in [2.24, 2.45) is 0 Å². The van der Waals surface area contributed by atoms with Crippen LogP contribution in [-0.2, 0) is 6.61 Å². The maximum Gasteiger partial charge on any atom is 0.387 e. The van der Waals surface area contributed by atoms with Gasteiger partial charge in [0.15, 0.2) is 5.78 Å². The van der Waals surface area contributed by atoms with Crippen LogP contribution in [0.4, 0.5) is 13.2 Å². The highest BCUT2D eigenvalue weighted by molar-refractivity contribution is 6.30. The molecule has 0 saturated heterocycles. The lowest BCUT2D eigenvalue weighted by atomic mass is 10.1. The van der Waals surface area contributed by atoms with E-state index in [0.717, 1.165) is 0 Å². The molecule has 0 unspecified atom stereocenters. The summed E-state index contributed by atoms with van der Waals surface area (Å²) >= 11 is 5.69. The molecule has 0 aliphatic carbocycles. The molecule has 0 aliphatic rings. The largest absolute Gasteiger partial charge is 0.486 e. The molecule has 0 aliphatic heterocycles. The lowest BCUT2D eigenvalue weighted by molar-refractivity contribution is -0.0498. The zero-order valence-electron chi connectivity index (χ0n) is 14.8. The number of benzene rings is 2. The lowest BCUT2D eigenvalue weighted by Crippen LogP contribution is -2.03. The third-order valence-corrected chi connectivity index (χ3v) is 3.99. The summed E-state index contributed by atoms with van der Waals surface area (Å²) in [4.78, 5) is 12.2. The fraction of sp³-hybridized carbons (Fsp3) is 0.0952. The molecule has 3 rings (SSSR count). The predicted octanol–water partition coefficient (Wildman–Crippen LogP) is 6.15. The van der Waals surface area contributed by atoms with Gasteiger partial charge in [-0.1, -0.05) is 23.7 Å². The Morgan fingerprint density at radius 1 is 1.10 bits per heavy atom. The van der Waals surface area contributed by atoms with E-state index in [1.54, 1.807) is 12.1 Å². The molecule has 0 fully saturated rings. The molecule has 2 aromatic carbocycles. The number of alkyl halides is 2. The first-order chi connectivity index (χ1) is 13.9. The van der Waals surface area contributed by atoms with E-state index in [2.05, 4.69) is 4.74 Å². The second-order valence-corrected chi connectivity index (χ2v) is 6.18. The Morgan fingerprint density at radius 3 is 2.69 bits per heavy atom. The Kier molecular flexibility index (Phi) is 6.61. The van der Waals surface area contributed by atoms with Gasteiger partial charge in [-0.05, 0) is 48.6 Å². The molecule has 1 heterocycles. The van der Waals surface area contributed by atoms with Crippen LogP contribution in [0.15, 0.2) is 65.1 Å². The molecule has 0 atom stereocenters. The highest BCUT2D eigenvalue weighted by atomic mass is 35.5. The average molecular weight is 423 g/mol. The molecule has 0 bridgehead atoms. The normalized spacial score (nSPS) is 11.2. The van der Waals surface area contributed by atoms with Crippen molar-refractivity contribution in [3.8, 4) is 11.5 Å². The quantitative estimate of drug-likeness (QED) is 0.323. The minimum absolute atomic E-state index is 0.0490. The zero-order chi connectivity index (χ0) is 20.8. The van der Waals surface area contributed by atoms with Crippen molar-refractivity contribution in [1.29, 1.82) is 0 Å². The van der Waals surface area contributed by atoms with E-state index < -0.39 is 18.2 Å². The molecular weight excluding hydrogens is 409 g/mol. The van der Waals surface area contributed by atoms with Gasteiger partial charge in [-0.15, -0.1) is 0 Å². The fourth-order valence-electron chi connectivity index (χ4n) is 2.36. The summed E-state index contributed by atoms with van der Waals surface area (Å²) in [5, 5.41) is -0.0490. The summed E-state index contributed by atoms with van der Waals surface area (Å²) in [6.45, 7) is -2.89. The second-order valence-electron chi connectivity index (χ2n) is 5.77. The third-order valence-electron chi connectivity index (χ3n) is 3.70. The van der Waals surface area contributed by atoms with E-state index in [1.807, 2.05) is 0 Å². The van der Waals surface area contributed by atoms with Crippen LogP contribution in [0.3, 0.4) is 0 Å². The predicted molar refractivity (Wildman–Crippen MR) is 101 cm³/mol. The summed E-state index contributed by atoms with van der Waals surface area (Å²) in [6, 6.07) is 12.8. The number of halogens is 4. The minimum atomic E-state index is -2.97. The van der Waals surface area contributed by atoms with Crippen molar-refractivity contribution < 1.29 is 31.9 Å². The van der Waals surface area contributed by atoms with Crippen molar-refractivity contribution in [3.05, 3.63) is 88.6 Å². The van der Waals surface area contributed by atoms with Crippen LogP contribution in [0, 0.1) is 5.82 Å². The first-order valence-corrected chi connectivity index (χ1v) is 8.72. The van der Waals surface area contributed by atoms with E-state index in [4.69, 9.17) is 20.8 Å². The third kappa shape index (κ3) is 5.89. The van der Waals surface area contributed by atoms with Crippen molar-refractivity contribution in [2.45, 2.75) is 13.2 Å². The summed E-state index contributed by atoms with van der Waals surface area (Å²) < 4.78 is 52.9. The van der Waals surface area contributed by atoms with E-state index in [0.29, 0.717) is 17.3 Å². The van der Waals surface area contributed by atoms with Gasteiger partial charge in [-0.2, -0.15) is 8.78 Å². The number of furan rings is 1. The zero-order valence-corrected chi connectivity index (χ0v) is 15.5. The van der Waals surface area contributed by atoms with Gasteiger partial charge < -0.3 is 13.9 Å². The van der Waals surface area contributed by atoms with Gasteiger partial charge in [-0.3, -0.25) is 4.79 Å². The maximum absolute atomic E-state index is 13.1. The van der Waals surface area contributed by atoms with E-state index in [9.17, 15) is 18.0 Å². The van der Waals surface area contributed by atoms with Crippen LogP contribution in [-0.4, -0.2) is 12.4 Å². The van der Waals surface area contributed by atoms with Crippen LogP contribution in [0.2, 0.25) is 5.02 Å². The van der Waals surface area contributed by atoms with Gasteiger partial charge >= 0.3 is 6.61 Å². The monoisotopic (exact) mass is 422 g/mol. The SMILES string of the molecule is O=C(/C=C/c1ccc(COc2ccc(F)c(Cl)c2)o1)c1cccc(OC(F)F)c1. The van der Waals surface area contributed by atoms with Gasteiger partial charge in [0.25, 0.3) is 0 Å². The molecular formula is C21H14ClF3O4. The number of ether oxygens (including phenoxy) is 2. The molecule has 4 nitrogen and oxygen atoms in total. The second kappa shape index (κ2) is 9.34. The van der Waals surface area contributed by atoms with Crippen LogP contribution >= 0.6 is 11.6 Å². The number of carbonyl (C=O) groups is 1. The molecule has 0 saturated carbocycles. The number of hydrogen-bond acceptors (Lipinski definition) is 4. The Hall–Kier alpha value is -3.19. The number of carbonyl (C=O) groups excluding carboxylic acids is 1. The Bertz CT molecular complexity index is 1030. The summed E-state index contributed by atoms with van der Waals surface area (Å²) in [5.41, 5.74) is 0.197. The Balaban J connectivity index is 1.59. The van der Waals surface area contributed by atoms with Crippen molar-refractivity contribution in [2.75, 3.05) is 0 Å². The first-order valence-electron chi connectivity index (χ1n) is 8.34. The van der Waals surface area contributed by atoms with Crippen molar-refractivity contribution >= 4 is 23.5 Å². The van der Waals surface area contributed by atoms with Gasteiger partial charge in [-0.25, -0.2) is 4.39 Å². The van der Waals surface area contributed by atoms with Gasteiger partial charge in [0.1, 0.15) is 35.4 Å². The highest BCUT2D eigenvalue weighted by Gasteiger charge is 2.08. The maximum atomic E-state index is 13.1. The number of ketones is 1. The lowest BCUT2D eigenvalue weighted by Gasteiger charge is -2.05. The molecule has 29 heavy (non-hydrogen) atoms. The Labute approximate surface area is 169 Å².